The Balaban J connectivity index is 2.12. The molecule has 0 aromatic heterocycles. The smallest absolute Gasteiger partial charge is 0.0290 e. The van der Waals surface area contributed by atoms with E-state index in [1.807, 2.05) is 0 Å². The summed E-state index contributed by atoms with van der Waals surface area (Å²) in [7, 11) is 2.20. The first kappa shape index (κ1) is 7.89. The first-order valence-corrected chi connectivity index (χ1v) is 4.70. The van der Waals surface area contributed by atoms with E-state index < -0.39 is 0 Å². The van der Waals surface area contributed by atoms with E-state index in [0.29, 0.717) is 11.8 Å². The van der Waals surface area contributed by atoms with Crippen LogP contribution >= 0.6 is 0 Å². The van der Waals surface area contributed by atoms with Gasteiger partial charge >= 0.3 is 0 Å². The van der Waals surface area contributed by atoms with E-state index in [-0.39, 0.29) is 0 Å². The molecule has 2 unspecified atom stereocenters. The second-order valence-corrected chi connectivity index (χ2v) is 3.77. The van der Waals surface area contributed by atoms with Gasteiger partial charge in [-0.1, -0.05) is 24.0 Å². The zero-order chi connectivity index (χ0) is 8.39. The summed E-state index contributed by atoms with van der Waals surface area (Å²) in [4.78, 5) is 2.40. The molecule has 64 valence electrons. The third kappa shape index (κ3) is 1.54. The Hall–Kier alpha value is -0.740. The summed E-state index contributed by atoms with van der Waals surface area (Å²) in [6, 6.07) is 0. The van der Waals surface area contributed by atoms with E-state index in [2.05, 4.69) is 35.9 Å². The number of fused-ring (bicyclic) bond motifs is 1. The van der Waals surface area contributed by atoms with Crippen molar-refractivity contribution in [3.8, 4) is 11.8 Å². The lowest BCUT2D eigenvalue weighted by Crippen LogP contribution is -2.36. The zero-order valence-corrected chi connectivity index (χ0v) is 7.59. The van der Waals surface area contributed by atoms with Gasteiger partial charge in [-0.25, -0.2) is 0 Å². The van der Waals surface area contributed by atoms with Gasteiger partial charge in [-0.15, -0.1) is 0 Å². The van der Waals surface area contributed by atoms with E-state index in [4.69, 9.17) is 0 Å². The summed E-state index contributed by atoms with van der Waals surface area (Å²) in [6.07, 6.45) is 6.76. The Morgan fingerprint density at radius 3 is 3.33 bits per heavy atom. The molecule has 0 amide bonds. The van der Waals surface area contributed by atoms with Gasteiger partial charge in [-0.2, -0.15) is 0 Å². The van der Waals surface area contributed by atoms with E-state index in [1.165, 1.54) is 19.5 Å². The van der Waals surface area contributed by atoms with Crippen LogP contribution in [-0.4, -0.2) is 25.0 Å². The minimum atomic E-state index is 0.639. The van der Waals surface area contributed by atoms with Crippen molar-refractivity contribution in [3.05, 3.63) is 12.2 Å². The Labute approximate surface area is 74.4 Å². The highest BCUT2D eigenvalue weighted by molar-refractivity contribution is 5.16. The summed E-state index contributed by atoms with van der Waals surface area (Å²) in [6.45, 7) is 2.40. The second-order valence-electron chi connectivity index (χ2n) is 3.77. The third-order valence-corrected chi connectivity index (χ3v) is 2.75. The first-order chi connectivity index (χ1) is 5.86. The molecule has 0 saturated carbocycles. The maximum atomic E-state index is 3.36. The van der Waals surface area contributed by atoms with Crippen LogP contribution in [0.1, 0.15) is 12.8 Å². The number of hydrogen-bond donors (Lipinski definition) is 0. The molecule has 0 bridgehead atoms. The molecule has 0 radical (unpaired) electrons. The van der Waals surface area contributed by atoms with Crippen LogP contribution < -0.4 is 0 Å². The van der Waals surface area contributed by atoms with Crippen LogP contribution in [0.25, 0.3) is 0 Å². The average Bonchev–Trinajstić information content (AvgIpc) is 2.28. The highest BCUT2D eigenvalue weighted by Gasteiger charge is 2.24. The molecule has 1 aliphatic carbocycles. The standard InChI is InChI=1S/C11H15N/c1-12-8-7-10-5-3-2-4-6-11(10)9-12/h4,6,10-11H,2,7-9H2,1H3. The topological polar surface area (TPSA) is 3.24 Å². The number of likely N-dealkylation sites (tertiary alicyclic amines) is 1. The largest absolute Gasteiger partial charge is 0.306 e. The van der Waals surface area contributed by atoms with Crippen molar-refractivity contribution in [2.24, 2.45) is 11.8 Å². The third-order valence-electron chi connectivity index (χ3n) is 2.75. The van der Waals surface area contributed by atoms with Crippen LogP contribution in [0.2, 0.25) is 0 Å². The molecule has 0 N–H and O–H groups in total. The van der Waals surface area contributed by atoms with Crippen molar-refractivity contribution in [2.75, 3.05) is 20.1 Å². The van der Waals surface area contributed by atoms with Crippen molar-refractivity contribution in [1.29, 1.82) is 0 Å². The predicted molar refractivity (Wildman–Crippen MR) is 50.6 cm³/mol. The maximum Gasteiger partial charge on any atom is 0.0290 e. The molecule has 2 aliphatic rings. The van der Waals surface area contributed by atoms with Gasteiger partial charge in [0.1, 0.15) is 0 Å². The van der Waals surface area contributed by atoms with E-state index in [0.717, 1.165) is 6.42 Å². The maximum absolute atomic E-state index is 3.36. The molecular formula is C11H15N. The van der Waals surface area contributed by atoms with Crippen LogP contribution in [0.3, 0.4) is 0 Å². The van der Waals surface area contributed by atoms with Crippen molar-refractivity contribution in [1.82, 2.24) is 4.90 Å². The van der Waals surface area contributed by atoms with Crippen LogP contribution in [-0.2, 0) is 0 Å². The van der Waals surface area contributed by atoms with Gasteiger partial charge in [-0.05, 0) is 20.0 Å². The molecule has 1 fully saturated rings. The van der Waals surface area contributed by atoms with Gasteiger partial charge in [0.15, 0.2) is 0 Å². The SMILES string of the molecule is CN1CCC2C#CCC=CC2C1. The van der Waals surface area contributed by atoms with Crippen LogP contribution in [0, 0.1) is 23.7 Å². The van der Waals surface area contributed by atoms with Crippen molar-refractivity contribution in [3.63, 3.8) is 0 Å². The van der Waals surface area contributed by atoms with Crippen molar-refractivity contribution in [2.45, 2.75) is 12.8 Å². The average molecular weight is 161 g/mol. The lowest BCUT2D eigenvalue weighted by Gasteiger charge is -2.32. The fourth-order valence-electron chi connectivity index (χ4n) is 2.02. The second kappa shape index (κ2) is 3.33. The number of rotatable bonds is 0. The summed E-state index contributed by atoms with van der Waals surface area (Å²) in [5, 5.41) is 0. The van der Waals surface area contributed by atoms with Gasteiger partial charge in [0.05, 0.1) is 0 Å². The lowest BCUT2D eigenvalue weighted by molar-refractivity contribution is 0.204. The first-order valence-electron chi connectivity index (χ1n) is 4.70. The molecule has 2 rings (SSSR count). The van der Waals surface area contributed by atoms with Crippen LogP contribution in [0.4, 0.5) is 0 Å². The van der Waals surface area contributed by atoms with Crippen molar-refractivity contribution >= 4 is 0 Å². The Kier molecular flexibility index (Phi) is 2.19. The molecule has 2 atom stereocenters. The summed E-state index contributed by atoms with van der Waals surface area (Å²) < 4.78 is 0. The van der Waals surface area contributed by atoms with E-state index in [1.54, 1.807) is 0 Å². The molecule has 1 aliphatic heterocycles. The summed E-state index contributed by atoms with van der Waals surface area (Å²) in [5.74, 6) is 7.90. The molecule has 1 nitrogen and oxygen atoms in total. The van der Waals surface area contributed by atoms with Crippen LogP contribution in [0.15, 0.2) is 12.2 Å². The molecule has 1 heteroatoms. The monoisotopic (exact) mass is 161 g/mol. The van der Waals surface area contributed by atoms with E-state index >= 15 is 0 Å². The van der Waals surface area contributed by atoms with Crippen LogP contribution in [0.5, 0.6) is 0 Å². The van der Waals surface area contributed by atoms with Gasteiger partial charge in [-0.3, -0.25) is 0 Å². The minimum Gasteiger partial charge on any atom is -0.306 e. The van der Waals surface area contributed by atoms with Gasteiger partial charge in [0, 0.05) is 24.8 Å². The number of allylic oxidation sites excluding steroid dienone is 1. The predicted octanol–water partition coefficient (Wildman–Crippen LogP) is 1.52. The highest BCUT2D eigenvalue weighted by Crippen LogP contribution is 2.24. The molecule has 0 spiro atoms. The van der Waals surface area contributed by atoms with Gasteiger partial charge in [0.2, 0.25) is 0 Å². The number of nitrogens with zero attached hydrogens (tertiary/aromatic N) is 1. The fraction of sp³-hybridized carbons (Fsp3) is 0.636. The minimum absolute atomic E-state index is 0.639. The Morgan fingerprint density at radius 2 is 2.42 bits per heavy atom. The highest BCUT2D eigenvalue weighted by atomic mass is 15.1. The quantitative estimate of drug-likeness (QED) is 0.384. The van der Waals surface area contributed by atoms with E-state index in [9.17, 15) is 0 Å². The molecule has 0 aromatic rings. The van der Waals surface area contributed by atoms with Gasteiger partial charge < -0.3 is 4.90 Å². The Bertz CT molecular complexity index is 243. The van der Waals surface area contributed by atoms with Gasteiger partial charge in [0.25, 0.3) is 0 Å². The van der Waals surface area contributed by atoms with Crippen molar-refractivity contribution < 1.29 is 0 Å². The zero-order valence-electron chi connectivity index (χ0n) is 7.59. The number of hydrogen-bond acceptors (Lipinski definition) is 1. The lowest BCUT2D eigenvalue weighted by atomic mass is 9.86. The fourth-order valence-corrected chi connectivity index (χ4v) is 2.02. The Morgan fingerprint density at radius 1 is 1.50 bits per heavy atom. The molecular weight excluding hydrogens is 146 g/mol. The normalized spacial score (nSPS) is 34.8. The molecule has 12 heavy (non-hydrogen) atoms. The number of piperidine rings is 1. The summed E-state index contributed by atoms with van der Waals surface area (Å²) >= 11 is 0. The molecule has 1 heterocycles. The molecule has 0 aromatic carbocycles. The molecule has 1 saturated heterocycles. The summed E-state index contributed by atoms with van der Waals surface area (Å²) in [5.41, 5.74) is 0.